The number of fused-ring (bicyclic) bond motifs is 1. The molecule has 1 aliphatic carbocycles. The monoisotopic (exact) mass is 364 g/mol. The molecule has 0 radical (unpaired) electrons. The molecule has 2 fully saturated rings. The molecular formula is C20H28O6. The Morgan fingerprint density at radius 1 is 1.46 bits per heavy atom. The van der Waals surface area contributed by atoms with E-state index in [2.05, 4.69) is 6.58 Å². The molecule has 6 heteroatoms. The fraction of sp³-hybridized carbons (Fsp3) is 0.650. The lowest BCUT2D eigenvalue weighted by molar-refractivity contribution is -0.134. The van der Waals surface area contributed by atoms with Gasteiger partial charge in [0, 0.05) is 17.4 Å². The van der Waals surface area contributed by atoms with Gasteiger partial charge in [0.1, 0.15) is 11.9 Å². The number of hydrogen-bond acceptors (Lipinski definition) is 6. The molecule has 0 aromatic carbocycles. The minimum absolute atomic E-state index is 0.0829. The van der Waals surface area contributed by atoms with Crippen LogP contribution in [0, 0.1) is 11.8 Å². The van der Waals surface area contributed by atoms with Gasteiger partial charge in [-0.25, -0.2) is 4.79 Å². The molecule has 0 bridgehead atoms. The summed E-state index contributed by atoms with van der Waals surface area (Å²) in [6.07, 6.45) is 4.29. The Morgan fingerprint density at radius 3 is 2.77 bits per heavy atom. The lowest BCUT2D eigenvalue weighted by Crippen LogP contribution is -2.33. The number of hydrogen-bond donors (Lipinski definition) is 3. The van der Waals surface area contributed by atoms with Crippen LogP contribution in [0.1, 0.15) is 40.0 Å². The van der Waals surface area contributed by atoms with E-state index in [9.17, 15) is 20.1 Å². The number of aliphatic hydroxyl groups excluding tert-OH is 1. The van der Waals surface area contributed by atoms with Gasteiger partial charge in [-0.3, -0.25) is 0 Å². The van der Waals surface area contributed by atoms with Gasteiger partial charge in [-0.05, 0) is 52.2 Å². The van der Waals surface area contributed by atoms with E-state index < -0.39 is 17.2 Å². The van der Waals surface area contributed by atoms with E-state index in [4.69, 9.17) is 9.47 Å². The number of ether oxygens (including phenoxy) is 2. The van der Waals surface area contributed by atoms with Gasteiger partial charge in [0.05, 0.1) is 23.9 Å². The van der Waals surface area contributed by atoms with Gasteiger partial charge in [-0.1, -0.05) is 12.2 Å². The highest BCUT2D eigenvalue weighted by molar-refractivity contribution is 5.93. The van der Waals surface area contributed by atoms with Crippen LogP contribution in [0.4, 0.5) is 0 Å². The van der Waals surface area contributed by atoms with Crippen molar-refractivity contribution in [3.8, 4) is 0 Å². The number of aliphatic hydroxyl groups is 3. The van der Waals surface area contributed by atoms with E-state index >= 15 is 0 Å². The predicted octanol–water partition coefficient (Wildman–Crippen LogP) is 1.61. The van der Waals surface area contributed by atoms with Gasteiger partial charge in [-0.15, -0.1) is 0 Å². The molecule has 3 N–H and O–H groups in total. The summed E-state index contributed by atoms with van der Waals surface area (Å²) in [5.74, 6) is -0.791. The molecule has 6 nitrogen and oxygen atoms in total. The highest BCUT2D eigenvalue weighted by atomic mass is 16.6. The fourth-order valence-corrected chi connectivity index (χ4v) is 4.04. The molecular weight excluding hydrogens is 336 g/mol. The normalized spacial score (nSPS) is 39.6. The van der Waals surface area contributed by atoms with Crippen molar-refractivity contribution in [1.82, 2.24) is 0 Å². The number of allylic oxidation sites excluding steroid dienone is 1. The van der Waals surface area contributed by atoms with Crippen molar-refractivity contribution in [1.29, 1.82) is 0 Å². The highest BCUT2D eigenvalue weighted by Gasteiger charge is 2.53. The Balaban J connectivity index is 1.92. The van der Waals surface area contributed by atoms with E-state index in [0.717, 1.165) is 5.57 Å². The first kappa shape index (κ1) is 19.3. The molecule has 5 unspecified atom stereocenters. The lowest BCUT2D eigenvalue weighted by Gasteiger charge is -2.29. The number of epoxide rings is 1. The third kappa shape index (κ3) is 3.93. The van der Waals surface area contributed by atoms with E-state index in [0.29, 0.717) is 30.6 Å². The zero-order valence-electron chi connectivity index (χ0n) is 15.6. The maximum atomic E-state index is 12.4. The SMILES string of the molecule is C=C1CC2OC2C(C)(O)CCC(C2=CC(=CC(C)(C)O)OC2=O)C1CO. The molecule has 0 aromatic rings. The van der Waals surface area contributed by atoms with Crippen molar-refractivity contribution in [2.24, 2.45) is 11.8 Å². The first-order chi connectivity index (χ1) is 12.0. The van der Waals surface area contributed by atoms with Crippen molar-refractivity contribution in [2.75, 3.05) is 6.61 Å². The molecule has 0 aromatic heterocycles. The Hall–Kier alpha value is -1.47. The smallest absolute Gasteiger partial charge is 0.339 e. The van der Waals surface area contributed by atoms with Crippen LogP contribution in [0.15, 0.2) is 35.6 Å². The van der Waals surface area contributed by atoms with E-state index in [-0.39, 0.29) is 30.7 Å². The average molecular weight is 364 g/mol. The minimum Gasteiger partial charge on any atom is -0.423 e. The van der Waals surface area contributed by atoms with Crippen molar-refractivity contribution in [2.45, 2.75) is 63.4 Å². The number of carbonyl (C=O) groups is 1. The highest BCUT2D eigenvalue weighted by Crippen LogP contribution is 2.46. The second-order valence-corrected chi connectivity index (χ2v) is 8.44. The molecule has 1 saturated heterocycles. The summed E-state index contributed by atoms with van der Waals surface area (Å²) in [7, 11) is 0. The van der Waals surface area contributed by atoms with E-state index in [1.54, 1.807) is 26.8 Å². The summed E-state index contributed by atoms with van der Waals surface area (Å²) >= 11 is 0. The topological polar surface area (TPSA) is 99.5 Å². The largest absolute Gasteiger partial charge is 0.423 e. The van der Waals surface area contributed by atoms with Crippen LogP contribution >= 0.6 is 0 Å². The Morgan fingerprint density at radius 2 is 2.15 bits per heavy atom. The van der Waals surface area contributed by atoms with Crippen LogP contribution in [0.5, 0.6) is 0 Å². The van der Waals surface area contributed by atoms with E-state index in [1.165, 1.54) is 6.08 Å². The predicted molar refractivity (Wildman–Crippen MR) is 94.9 cm³/mol. The summed E-state index contributed by atoms with van der Waals surface area (Å²) < 4.78 is 10.9. The van der Waals surface area contributed by atoms with Gasteiger partial charge in [0.2, 0.25) is 0 Å². The second-order valence-electron chi connectivity index (χ2n) is 8.44. The zero-order chi connectivity index (χ0) is 19.3. The van der Waals surface area contributed by atoms with Crippen LogP contribution in [-0.2, 0) is 14.3 Å². The maximum Gasteiger partial charge on any atom is 0.339 e. The molecule has 0 spiro atoms. The molecule has 3 rings (SSSR count). The van der Waals surface area contributed by atoms with Gasteiger partial charge < -0.3 is 24.8 Å². The molecule has 3 aliphatic rings. The van der Waals surface area contributed by atoms with Crippen LogP contribution in [0.2, 0.25) is 0 Å². The molecule has 26 heavy (non-hydrogen) atoms. The molecule has 0 amide bonds. The Kier molecular flexibility index (Phi) is 4.90. The zero-order valence-corrected chi connectivity index (χ0v) is 15.6. The van der Waals surface area contributed by atoms with Crippen molar-refractivity contribution in [3.63, 3.8) is 0 Å². The second kappa shape index (κ2) is 6.60. The number of carbonyl (C=O) groups excluding carboxylic acids is 1. The van der Waals surface area contributed by atoms with Crippen LogP contribution in [0.3, 0.4) is 0 Å². The summed E-state index contributed by atoms with van der Waals surface area (Å²) in [5.41, 5.74) is -0.825. The fourth-order valence-electron chi connectivity index (χ4n) is 4.04. The third-order valence-electron chi connectivity index (χ3n) is 5.47. The molecule has 144 valence electrons. The molecule has 5 atom stereocenters. The third-order valence-corrected chi connectivity index (χ3v) is 5.47. The van der Waals surface area contributed by atoms with Crippen LogP contribution < -0.4 is 0 Å². The van der Waals surface area contributed by atoms with Gasteiger partial charge >= 0.3 is 5.97 Å². The van der Waals surface area contributed by atoms with Crippen molar-refractivity contribution in [3.05, 3.63) is 35.6 Å². The Bertz CT molecular complexity index is 666. The van der Waals surface area contributed by atoms with Crippen LogP contribution in [-0.4, -0.2) is 51.3 Å². The van der Waals surface area contributed by atoms with Crippen LogP contribution in [0.25, 0.3) is 0 Å². The van der Waals surface area contributed by atoms with Gasteiger partial charge in [0.25, 0.3) is 0 Å². The Labute approximate surface area is 153 Å². The minimum atomic E-state index is -1.11. The van der Waals surface area contributed by atoms with E-state index in [1.807, 2.05) is 0 Å². The number of esters is 1. The quantitative estimate of drug-likeness (QED) is 0.400. The summed E-state index contributed by atoms with van der Waals surface area (Å²) in [4.78, 5) is 12.4. The molecule has 1 saturated carbocycles. The summed E-state index contributed by atoms with van der Waals surface area (Å²) in [6.45, 7) is 8.91. The van der Waals surface area contributed by atoms with Gasteiger partial charge in [0.15, 0.2) is 0 Å². The van der Waals surface area contributed by atoms with Crippen molar-refractivity contribution >= 4 is 5.97 Å². The summed E-state index contributed by atoms with van der Waals surface area (Å²) in [6, 6.07) is 0. The standard InChI is InChI=1S/C20H28O6/c1-11-7-16-17(26-16)20(4,24)6-5-13(15(11)10-21)14-8-12(25-18(14)22)9-19(2,3)23/h8-9,13,15-17,21,23-24H,1,5-7,10H2,2-4H3. The average Bonchev–Trinajstić information content (AvgIpc) is 3.18. The molecule has 2 aliphatic heterocycles. The maximum absolute atomic E-state index is 12.4. The van der Waals surface area contributed by atoms with Gasteiger partial charge in [-0.2, -0.15) is 0 Å². The lowest BCUT2D eigenvalue weighted by atomic mass is 9.77. The number of cyclic esters (lactones) is 1. The number of rotatable bonds is 3. The van der Waals surface area contributed by atoms with Crippen molar-refractivity contribution < 1.29 is 29.6 Å². The summed E-state index contributed by atoms with van der Waals surface area (Å²) in [5, 5.41) is 30.6. The molecule has 2 heterocycles. The first-order valence-corrected chi connectivity index (χ1v) is 9.07. The first-order valence-electron chi connectivity index (χ1n) is 9.07.